The summed E-state index contributed by atoms with van der Waals surface area (Å²) in [5, 5.41) is 3.55. The van der Waals surface area contributed by atoms with Crippen LogP contribution in [-0.2, 0) is 13.0 Å². The van der Waals surface area contributed by atoms with Gasteiger partial charge in [-0.1, -0.05) is 42.5 Å². The Morgan fingerprint density at radius 1 is 1.15 bits per heavy atom. The average Bonchev–Trinajstić information content (AvgIpc) is 2.53. The summed E-state index contributed by atoms with van der Waals surface area (Å²) in [4.78, 5) is 0. The van der Waals surface area contributed by atoms with E-state index in [1.165, 1.54) is 11.1 Å². The lowest BCUT2D eigenvalue weighted by molar-refractivity contribution is 0.226. The number of benzene rings is 2. The molecule has 0 unspecified atom stereocenters. The predicted molar refractivity (Wildman–Crippen MR) is 79.3 cm³/mol. The topological polar surface area (TPSA) is 30.5 Å². The third-order valence-electron chi connectivity index (χ3n) is 3.61. The van der Waals surface area contributed by atoms with Gasteiger partial charge in [-0.3, -0.25) is 0 Å². The van der Waals surface area contributed by atoms with E-state index >= 15 is 0 Å². The highest BCUT2D eigenvalue weighted by atomic mass is 16.5. The molecule has 104 valence electrons. The maximum Gasteiger partial charge on any atom is 0.164 e. The zero-order valence-electron chi connectivity index (χ0n) is 11.6. The fourth-order valence-electron chi connectivity index (χ4n) is 2.54. The highest BCUT2D eigenvalue weighted by Crippen LogP contribution is 2.34. The number of rotatable bonds is 4. The summed E-state index contributed by atoms with van der Waals surface area (Å²) in [6, 6.07) is 16.8. The smallest absolute Gasteiger partial charge is 0.164 e. The molecular formula is C17H19NO2. The van der Waals surface area contributed by atoms with E-state index in [2.05, 4.69) is 35.6 Å². The first-order valence-electron chi connectivity index (χ1n) is 6.93. The molecule has 20 heavy (non-hydrogen) atoms. The molecule has 3 rings (SSSR count). The highest BCUT2D eigenvalue weighted by Gasteiger charge is 2.22. The van der Waals surface area contributed by atoms with Crippen LogP contribution in [0.25, 0.3) is 0 Å². The van der Waals surface area contributed by atoms with Gasteiger partial charge < -0.3 is 14.8 Å². The number of para-hydroxylation sites is 1. The number of hydrogen-bond donors (Lipinski definition) is 1. The van der Waals surface area contributed by atoms with Crippen molar-refractivity contribution in [3.05, 3.63) is 59.7 Å². The average molecular weight is 269 g/mol. The zero-order valence-corrected chi connectivity index (χ0v) is 11.6. The fraction of sp³-hybridized carbons (Fsp3) is 0.294. The van der Waals surface area contributed by atoms with Gasteiger partial charge in [0.25, 0.3) is 0 Å². The van der Waals surface area contributed by atoms with Crippen LogP contribution in [0.1, 0.15) is 11.1 Å². The minimum Gasteiger partial charge on any atom is -0.493 e. The molecule has 0 fully saturated rings. The van der Waals surface area contributed by atoms with Gasteiger partial charge in [0.05, 0.1) is 7.11 Å². The minimum absolute atomic E-state index is 0.342. The Hall–Kier alpha value is -2.00. The number of methoxy groups -OCH3 is 1. The van der Waals surface area contributed by atoms with Crippen molar-refractivity contribution in [3.8, 4) is 11.5 Å². The summed E-state index contributed by atoms with van der Waals surface area (Å²) < 4.78 is 11.2. The van der Waals surface area contributed by atoms with E-state index in [1.807, 2.05) is 18.2 Å². The van der Waals surface area contributed by atoms with Crippen LogP contribution >= 0.6 is 0 Å². The van der Waals surface area contributed by atoms with Gasteiger partial charge in [0, 0.05) is 12.6 Å². The third kappa shape index (κ3) is 2.78. The molecule has 0 amide bonds. The lowest BCUT2D eigenvalue weighted by Gasteiger charge is -2.27. The van der Waals surface area contributed by atoms with Gasteiger partial charge in [0.15, 0.2) is 11.5 Å². The minimum atomic E-state index is 0.342. The molecule has 0 saturated heterocycles. The summed E-state index contributed by atoms with van der Waals surface area (Å²) >= 11 is 0. The Labute approximate surface area is 119 Å². The van der Waals surface area contributed by atoms with Crippen LogP contribution in [0.15, 0.2) is 48.5 Å². The van der Waals surface area contributed by atoms with E-state index in [-0.39, 0.29) is 0 Å². The van der Waals surface area contributed by atoms with Crippen molar-refractivity contribution >= 4 is 0 Å². The molecule has 2 aromatic carbocycles. The summed E-state index contributed by atoms with van der Waals surface area (Å²) in [6.07, 6.45) is 0.972. The lowest BCUT2D eigenvalue weighted by Crippen LogP contribution is -2.38. The Bertz CT molecular complexity index is 568. The van der Waals surface area contributed by atoms with E-state index < -0.39 is 0 Å². The van der Waals surface area contributed by atoms with Gasteiger partial charge in [-0.2, -0.15) is 0 Å². The standard InChI is InChI=1S/C17H19NO2/c1-19-16-9-5-8-14-10-15(12-20-17(14)16)18-11-13-6-3-2-4-7-13/h2-9,15,18H,10-12H2,1H3/t15-/m0/s1. The second-order valence-corrected chi connectivity index (χ2v) is 5.03. The molecule has 0 saturated carbocycles. The molecule has 0 aliphatic carbocycles. The molecular weight excluding hydrogens is 250 g/mol. The number of hydrogen-bond acceptors (Lipinski definition) is 3. The van der Waals surface area contributed by atoms with Crippen molar-refractivity contribution < 1.29 is 9.47 Å². The lowest BCUT2D eigenvalue weighted by atomic mass is 10.0. The Kier molecular flexibility index (Phi) is 3.88. The van der Waals surface area contributed by atoms with Gasteiger partial charge >= 0.3 is 0 Å². The molecule has 3 nitrogen and oxygen atoms in total. The molecule has 2 aromatic rings. The van der Waals surface area contributed by atoms with E-state index in [0.717, 1.165) is 24.5 Å². The van der Waals surface area contributed by atoms with Gasteiger partial charge in [-0.25, -0.2) is 0 Å². The van der Waals surface area contributed by atoms with Gasteiger partial charge in [-0.05, 0) is 23.6 Å². The van der Waals surface area contributed by atoms with Crippen LogP contribution in [0.3, 0.4) is 0 Å². The van der Waals surface area contributed by atoms with Crippen molar-refractivity contribution in [2.75, 3.05) is 13.7 Å². The van der Waals surface area contributed by atoms with Gasteiger partial charge in [0.1, 0.15) is 6.61 Å². The summed E-state index contributed by atoms with van der Waals surface area (Å²) in [5.41, 5.74) is 2.50. The maximum absolute atomic E-state index is 5.86. The van der Waals surface area contributed by atoms with Crippen LogP contribution in [0, 0.1) is 0 Å². The number of fused-ring (bicyclic) bond motifs is 1. The monoisotopic (exact) mass is 269 g/mol. The van der Waals surface area contributed by atoms with E-state index in [9.17, 15) is 0 Å². The normalized spacial score (nSPS) is 17.1. The Balaban J connectivity index is 1.64. The van der Waals surface area contributed by atoms with Crippen LogP contribution in [0.4, 0.5) is 0 Å². The van der Waals surface area contributed by atoms with Crippen LogP contribution in [-0.4, -0.2) is 19.8 Å². The first-order valence-corrected chi connectivity index (χ1v) is 6.93. The van der Waals surface area contributed by atoms with Crippen molar-refractivity contribution in [2.45, 2.75) is 19.0 Å². The van der Waals surface area contributed by atoms with Crippen molar-refractivity contribution in [2.24, 2.45) is 0 Å². The quantitative estimate of drug-likeness (QED) is 0.926. The Morgan fingerprint density at radius 2 is 2.00 bits per heavy atom. The molecule has 0 radical (unpaired) electrons. The van der Waals surface area contributed by atoms with E-state index in [4.69, 9.17) is 9.47 Å². The van der Waals surface area contributed by atoms with Crippen molar-refractivity contribution in [1.29, 1.82) is 0 Å². The van der Waals surface area contributed by atoms with Gasteiger partial charge in [-0.15, -0.1) is 0 Å². The number of ether oxygens (including phenoxy) is 2. The molecule has 3 heteroatoms. The van der Waals surface area contributed by atoms with Crippen LogP contribution < -0.4 is 14.8 Å². The number of nitrogens with one attached hydrogen (secondary N) is 1. The van der Waals surface area contributed by atoms with Crippen LogP contribution in [0.5, 0.6) is 11.5 Å². The summed E-state index contributed by atoms with van der Waals surface area (Å²) in [5.74, 6) is 1.72. The first-order chi connectivity index (χ1) is 9.86. The first kappa shape index (κ1) is 13.0. The molecule has 1 atom stereocenters. The highest BCUT2D eigenvalue weighted by molar-refractivity contribution is 5.48. The third-order valence-corrected chi connectivity index (χ3v) is 3.61. The SMILES string of the molecule is COc1cccc2c1OC[C@@H](NCc1ccccc1)C2. The predicted octanol–water partition coefficient (Wildman–Crippen LogP) is 2.79. The second-order valence-electron chi connectivity index (χ2n) is 5.03. The van der Waals surface area contributed by atoms with E-state index in [0.29, 0.717) is 12.6 Å². The molecule has 0 bridgehead atoms. The zero-order chi connectivity index (χ0) is 13.8. The Morgan fingerprint density at radius 3 is 2.80 bits per heavy atom. The molecule has 0 spiro atoms. The molecule has 1 heterocycles. The molecule has 0 aromatic heterocycles. The van der Waals surface area contributed by atoms with Gasteiger partial charge in [0.2, 0.25) is 0 Å². The molecule has 1 N–H and O–H groups in total. The van der Waals surface area contributed by atoms with Crippen molar-refractivity contribution in [3.63, 3.8) is 0 Å². The van der Waals surface area contributed by atoms with E-state index in [1.54, 1.807) is 7.11 Å². The summed E-state index contributed by atoms with van der Waals surface area (Å²) in [6.45, 7) is 1.55. The molecule has 1 aliphatic heterocycles. The maximum atomic E-state index is 5.86. The van der Waals surface area contributed by atoms with Crippen LogP contribution in [0.2, 0.25) is 0 Å². The second kappa shape index (κ2) is 5.97. The fourth-order valence-corrected chi connectivity index (χ4v) is 2.54. The van der Waals surface area contributed by atoms with Crippen molar-refractivity contribution in [1.82, 2.24) is 5.32 Å². The molecule has 1 aliphatic rings. The summed E-state index contributed by atoms with van der Waals surface area (Å²) in [7, 11) is 1.68. The largest absolute Gasteiger partial charge is 0.493 e.